The van der Waals surface area contributed by atoms with Crippen LogP contribution in [0.1, 0.15) is 361 Å². The number of nitrogens with one attached hydrogen (secondary N) is 1. The maximum atomic E-state index is 12.5. The summed E-state index contributed by atoms with van der Waals surface area (Å²) in [7, 11) is 0. The number of carbonyl (C=O) groups is 2. The van der Waals surface area contributed by atoms with Gasteiger partial charge in [0.15, 0.2) is 0 Å². The van der Waals surface area contributed by atoms with Gasteiger partial charge in [-0.05, 0) is 57.8 Å². The Balaban J connectivity index is 3.48. The molecule has 0 spiro atoms. The minimum atomic E-state index is -0.856. The van der Waals surface area contributed by atoms with Gasteiger partial charge in [-0.1, -0.05) is 314 Å². The molecule has 0 fully saturated rings. The maximum Gasteiger partial charge on any atom is 0.305 e. The number of aliphatic hydroxyl groups is 2. The van der Waals surface area contributed by atoms with Crippen LogP contribution in [0.2, 0.25) is 0 Å². The minimum Gasteiger partial charge on any atom is -0.466 e. The summed E-state index contributed by atoms with van der Waals surface area (Å²) in [4.78, 5) is 24.6. The Morgan fingerprint density at radius 1 is 0.375 bits per heavy atom. The summed E-state index contributed by atoms with van der Waals surface area (Å²) in [6, 6.07) is -0.640. The molecule has 0 saturated carbocycles. The van der Waals surface area contributed by atoms with Crippen molar-refractivity contribution in [1.29, 1.82) is 0 Å². The molecule has 6 nitrogen and oxygen atoms in total. The molecule has 1 amide bonds. The predicted octanol–water partition coefficient (Wildman–Crippen LogP) is 20.6. The topological polar surface area (TPSA) is 95.9 Å². The molecule has 0 aromatic carbocycles. The van der Waals surface area contributed by atoms with Gasteiger partial charge in [0.05, 0.1) is 25.4 Å². The van der Waals surface area contributed by atoms with E-state index >= 15 is 0 Å². The second-order valence-electron chi connectivity index (χ2n) is 22.5. The van der Waals surface area contributed by atoms with Crippen LogP contribution in [-0.2, 0) is 14.3 Å². The van der Waals surface area contributed by atoms with Crippen LogP contribution in [0, 0.1) is 0 Å². The third-order valence-corrected chi connectivity index (χ3v) is 15.2. The van der Waals surface area contributed by atoms with Crippen molar-refractivity contribution >= 4 is 11.9 Å². The molecule has 426 valence electrons. The monoisotopic (exact) mass is 1010 g/mol. The molecule has 3 N–H and O–H groups in total. The number of amides is 1. The van der Waals surface area contributed by atoms with Crippen LogP contribution in [0.4, 0.5) is 0 Å². The lowest BCUT2D eigenvalue weighted by molar-refractivity contribution is -0.143. The number of unbranched alkanes of at least 4 members (excludes halogenated alkanes) is 48. The van der Waals surface area contributed by atoms with Gasteiger partial charge in [0.1, 0.15) is 0 Å². The highest BCUT2D eigenvalue weighted by molar-refractivity contribution is 5.76. The van der Waals surface area contributed by atoms with E-state index in [-0.39, 0.29) is 18.5 Å². The molecule has 2 unspecified atom stereocenters. The van der Waals surface area contributed by atoms with Crippen molar-refractivity contribution in [3.63, 3.8) is 0 Å². The lowest BCUT2D eigenvalue weighted by Crippen LogP contribution is -2.45. The number of hydrogen-bond donors (Lipinski definition) is 3. The number of aliphatic hydroxyl groups excluding tert-OH is 2. The van der Waals surface area contributed by atoms with E-state index < -0.39 is 12.1 Å². The van der Waals surface area contributed by atoms with Crippen molar-refractivity contribution < 1.29 is 24.5 Å². The van der Waals surface area contributed by atoms with Gasteiger partial charge in [0.25, 0.3) is 0 Å². The molecule has 0 rings (SSSR count). The second kappa shape index (κ2) is 61.9. The molecule has 0 aliphatic carbocycles. The Labute approximate surface area is 450 Å². The third-order valence-electron chi connectivity index (χ3n) is 15.2. The largest absolute Gasteiger partial charge is 0.466 e. The van der Waals surface area contributed by atoms with Crippen molar-refractivity contribution in [3.05, 3.63) is 24.3 Å². The van der Waals surface area contributed by atoms with E-state index in [1.807, 2.05) is 6.08 Å². The lowest BCUT2D eigenvalue weighted by Gasteiger charge is -2.20. The van der Waals surface area contributed by atoms with Crippen molar-refractivity contribution in [3.8, 4) is 0 Å². The zero-order chi connectivity index (χ0) is 52.2. The number of carbonyl (C=O) groups excluding carboxylic acids is 2. The molecular formula is C66H127NO5. The molecule has 72 heavy (non-hydrogen) atoms. The molecule has 0 aromatic rings. The standard InChI is InChI=1S/C66H127NO5/c1-3-5-7-9-11-13-15-17-19-20-21-22-23-24-25-26-27-28-31-34-38-42-46-50-54-58-64(69)63(62-68)67-65(70)59-55-51-47-43-39-35-32-29-33-37-41-45-49-53-57-61-72-66(71)60-56-52-48-44-40-36-30-18-16-14-12-10-8-6-4-2/h33,37,54,58,63-64,68-69H,3-32,34-36,38-53,55-57,59-62H2,1-2H3,(H,67,70)/b37-33-,58-54+. The first-order valence-electron chi connectivity index (χ1n) is 32.6. The number of ether oxygens (including phenoxy) is 1. The molecule has 0 aliphatic rings. The van der Waals surface area contributed by atoms with Crippen LogP contribution in [0.5, 0.6) is 0 Å². The molecule has 0 saturated heterocycles. The molecular weight excluding hydrogens is 887 g/mol. The number of allylic oxidation sites excluding steroid dienone is 3. The average Bonchev–Trinajstić information content (AvgIpc) is 3.38. The van der Waals surface area contributed by atoms with Crippen LogP contribution in [0.15, 0.2) is 24.3 Å². The van der Waals surface area contributed by atoms with E-state index in [0.717, 1.165) is 70.6 Å². The van der Waals surface area contributed by atoms with Gasteiger partial charge in [0.2, 0.25) is 5.91 Å². The zero-order valence-corrected chi connectivity index (χ0v) is 48.7. The number of esters is 1. The molecule has 0 heterocycles. The molecule has 0 aliphatic heterocycles. The normalized spacial score (nSPS) is 12.7. The van der Waals surface area contributed by atoms with Crippen LogP contribution >= 0.6 is 0 Å². The van der Waals surface area contributed by atoms with Gasteiger partial charge in [-0.15, -0.1) is 0 Å². The Morgan fingerprint density at radius 2 is 0.653 bits per heavy atom. The number of hydrogen-bond acceptors (Lipinski definition) is 5. The van der Waals surface area contributed by atoms with E-state index in [1.165, 1.54) is 263 Å². The van der Waals surface area contributed by atoms with Crippen molar-refractivity contribution in [1.82, 2.24) is 5.32 Å². The summed E-state index contributed by atoms with van der Waals surface area (Å²) >= 11 is 0. The van der Waals surface area contributed by atoms with Gasteiger partial charge < -0.3 is 20.3 Å². The van der Waals surface area contributed by atoms with Gasteiger partial charge in [-0.2, -0.15) is 0 Å². The lowest BCUT2D eigenvalue weighted by atomic mass is 10.0. The van der Waals surface area contributed by atoms with E-state index in [9.17, 15) is 19.8 Å². The summed E-state index contributed by atoms with van der Waals surface area (Å²) in [5, 5.41) is 23.2. The van der Waals surface area contributed by atoms with Crippen molar-refractivity contribution in [2.75, 3.05) is 13.2 Å². The summed E-state index contributed by atoms with van der Waals surface area (Å²) in [6.45, 7) is 4.90. The van der Waals surface area contributed by atoms with Gasteiger partial charge in [0, 0.05) is 12.8 Å². The Bertz CT molecular complexity index is 1120. The van der Waals surface area contributed by atoms with Crippen molar-refractivity contribution in [2.24, 2.45) is 0 Å². The van der Waals surface area contributed by atoms with Crippen LogP contribution < -0.4 is 5.32 Å². The van der Waals surface area contributed by atoms with Crippen LogP contribution in [0.3, 0.4) is 0 Å². The quantitative estimate of drug-likeness (QED) is 0.0320. The summed E-state index contributed by atoms with van der Waals surface area (Å²) < 4.78 is 5.47. The minimum absolute atomic E-state index is 0.00743. The predicted molar refractivity (Wildman–Crippen MR) is 315 cm³/mol. The summed E-state index contributed by atoms with van der Waals surface area (Å²) in [6.07, 6.45) is 76.5. The van der Waals surface area contributed by atoms with E-state index in [1.54, 1.807) is 6.08 Å². The van der Waals surface area contributed by atoms with E-state index in [0.29, 0.717) is 19.4 Å². The highest BCUT2D eigenvalue weighted by Crippen LogP contribution is 2.18. The first-order chi connectivity index (χ1) is 35.5. The first-order valence-corrected chi connectivity index (χ1v) is 32.6. The van der Waals surface area contributed by atoms with Crippen LogP contribution in [0.25, 0.3) is 0 Å². The van der Waals surface area contributed by atoms with Gasteiger partial charge in [-0.3, -0.25) is 9.59 Å². The molecule has 0 radical (unpaired) electrons. The Kier molecular flexibility index (Phi) is 60.5. The fraction of sp³-hybridized carbons (Fsp3) is 0.909. The molecule has 2 atom stereocenters. The maximum absolute atomic E-state index is 12.5. The fourth-order valence-electron chi connectivity index (χ4n) is 10.2. The highest BCUT2D eigenvalue weighted by Gasteiger charge is 2.18. The second-order valence-corrected chi connectivity index (χ2v) is 22.5. The molecule has 0 bridgehead atoms. The third kappa shape index (κ3) is 57.6. The zero-order valence-electron chi connectivity index (χ0n) is 48.7. The van der Waals surface area contributed by atoms with E-state index in [2.05, 4.69) is 31.3 Å². The van der Waals surface area contributed by atoms with Crippen molar-refractivity contribution in [2.45, 2.75) is 373 Å². The summed E-state index contributed by atoms with van der Waals surface area (Å²) in [5.41, 5.74) is 0. The van der Waals surface area contributed by atoms with Crippen LogP contribution in [-0.4, -0.2) is 47.4 Å². The summed E-state index contributed by atoms with van der Waals surface area (Å²) in [5.74, 6) is -0.0866. The number of rotatable bonds is 61. The van der Waals surface area contributed by atoms with Gasteiger partial charge >= 0.3 is 5.97 Å². The Hall–Kier alpha value is -1.66. The van der Waals surface area contributed by atoms with Gasteiger partial charge in [-0.25, -0.2) is 0 Å². The SMILES string of the molecule is CCCCCCCCCCCCCCCCCCCCCCCCC/C=C/C(O)C(CO)NC(=O)CCCCCCCCC/C=C\CCCCCCOC(=O)CCCCCCCCCCCCCCCCC. The molecule has 6 heteroatoms. The average molecular weight is 1010 g/mol. The molecule has 0 aromatic heterocycles. The first kappa shape index (κ1) is 70.3. The highest BCUT2D eigenvalue weighted by atomic mass is 16.5. The fourth-order valence-corrected chi connectivity index (χ4v) is 10.2. The Morgan fingerprint density at radius 3 is 0.986 bits per heavy atom. The smallest absolute Gasteiger partial charge is 0.305 e. The van der Waals surface area contributed by atoms with E-state index in [4.69, 9.17) is 4.74 Å².